The second-order valence-corrected chi connectivity index (χ2v) is 23.7. The van der Waals surface area contributed by atoms with Crippen LogP contribution >= 0.6 is 0 Å². The smallest absolute Gasteiger partial charge is 0.270 e. The van der Waals surface area contributed by atoms with Crippen LogP contribution in [0.3, 0.4) is 0 Å². The van der Waals surface area contributed by atoms with Crippen LogP contribution in [0.15, 0.2) is 144 Å². The predicted molar refractivity (Wildman–Crippen MR) is 248 cm³/mol. The van der Waals surface area contributed by atoms with Crippen LogP contribution in [0.1, 0.15) is 57.7 Å². The van der Waals surface area contributed by atoms with Gasteiger partial charge in [0.25, 0.3) is 24.0 Å². The molecule has 1 fully saturated rings. The van der Waals surface area contributed by atoms with Gasteiger partial charge in [0.1, 0.15) is 6.10 Å². The van der Waals surface area contributed by atoms with Gasteiger partial charge in [-0.25, -0.2) is 18.1 Å². The van der Waals surface area contributed by atoms with Crippen molar-refractivity contribution in [3.05, 3.63) is 166 Å². The lowest BCUT2D eigenvalue weighted by Gasteiger charge is -2.51. The molecule has 0 radical (unpaired) electrons. The molecular formula is C49H55N5O6SSi. The Hall–Kier alpha value is -5.73. The Morgan fingerprint density at radius 3 is 1.98 bits per heavy atom. The molecule has 0 amide bonds. The van der Waals surface area contributed by atoms with Crippen LogP contribution in [-0.4, -0.2) is 61.3 Å². The van der Waals surface area contributed by atoms with E-state index in [4.69, 9.17) is 14.1 Å². The summed E-state index contributed by atoms with van der Waals surface area (Å²) in [6.45, 7) is 17.1. The molecule has 322 valence electrons. The third kappa shape index (κ3) is 9.36. The zero-order valence-electron chi connectivity index (χ0n) is 36.4. The number of nitro benzene ring substituents is 1. The number of hydrogen-bond acceptors (Lipinski definition) is 9. The molecule has 2 atom stereocenters. The van der Waals surface area contributed by atoms with Crippen molar-refractivity contribution >= 4 is 40.3 Å². The van der Waals surface area contributed by atoms with E-state index in [0.717, 1.165) is 29.3 Å². The first-order valence-corrected chi connectivity index (χ1v) is 24.3. The van der Waals surface area contributed by atoms with Gasteiger partial charge in [-0.1, -0.05) is 136 Å². The fraction of sp³-hybridized carbons (Fsp3) is 0.306. The molecule has 0 spiro atoms. The third-order valence-corrected chi connectivity index (χ3v) is 18.4. The van der Waals surface area contributed by atoms with Gasteiger partial charge in [0.15, 0.2) is 0 Å². The van der Waals surface area contributed by atoms with Gasteiger partial charge >= 0.3 is 0 Å². The van der Waals surface area contributed by atoms with Crippen LogP contribution in [0, 0.1) is 29.9 Å². The van der Waals surface area contributed by atoms with Gasteiger partial charge in [-0.15, -0.1) is 0 Å². The average Bonchev–Trinajstić information content (AvgIpc) is 3.23. The minimum absolute atomic E-state index is 0.0464. The first kappa shape index (κ1) is 44.3. The molecule has 1 aliphatic heterocycles. The minimum atomic E-state index is -4.35. The number of hydrogen-bond donors (Lipinski definition) is 1. The lowest BCUT2D eigenvalue weighted by Crippen LogP contribution is -2.67. The summed E-state index contributed by atoms with van der Waals surface area (Å²) < 4.78 is 44.6. The summed E-state index contributed by atoms with van der Waals surface area (Å²) in [6.07, 6.45) is 0.211. The van der Waals surface area contributed by atoms with E-state index in [1.165, 1.54) is 34.1 Å². The largest absolute Gasteiger partial charge is 0.472 e. The highest BCUT2D eigenvalue weighted by Gasteiger charge is 2.51. The Kier molecular flexibility index (Phi) is 12.8. The van der Waals surface area contributed by atoms with E-state index in [2.05, 4.69) is 122 Å². The van der Waals surface area contributed by atoms with Crippen LogP contribution in [0.2, 0.25) is 5.04 Å². The molecule has 0 aliphatic carbocycles. The third-order valence-electron chi connectivity index (χ3n) is 12.1. The molecule has 1 saturated heterocycles. The number of anilines is 1. The standard InChI is InChI=1S/C49H55N5O6SSi/c1-35-19-17-20-36(2)46(35)43-31-45(51-47(50-43)52-61(57,58)40-24-18-23-39(30-40)54(55)56)60-44-29-38(33-53(49(44,6)7)32-37-21-11-8-12-22-37)34-59-62(48(3,4)5,41-25-13-9-14-26-41)42-27-15-10-16-28-42/h8-28,30-31,38,44H,29,32-34H2,1-7H3,(H,50,51,52). The Morgan fingerprint density at radius 2 is 1.40 bits per heavy atom. The van der Waals surface area contributed by atoms with E-state index >= 15 is 0 Å². The Labute approximate surface area is 366 Å². The van der Waals surface area contributed by atoms with E-state index in [0.29, 0.717) is 25.3 Å². The van der Waals surface area contributed by atoms with Crippen molar-refractivity contribution in [2.24, 2.45) is 5.92 Å². The Balaban J connectivity index is 1.28. The number of rotatable bonds is 14. The van der Waals surface area contributed by atoms with E-state index < -0.39 is 34.9 Å². The topological polar surface area (TPSA) is 137 Å². The number of piperidine rings is 1. The van der Waals surface area contributed by atoms with Gasteiger partial charge in [-0.3, -0.25) is 15.0 Å². The van der Waals surface area contributed by atoms with Crippen LogP contribution in [0.5, 0.6) is 5.88 Å². The van der Waals surface area contributed by atoms with Crippen LogP contribution < -0.4 is 19.8 Å². The Bertz CT molecular complexity index is 2570. The number of likely N-dealkylation sites (tertiary alicyclic amines) is 1. The maximum absolute atomic E-state index is 13.8. The molecule has 0 bridgehead atoms. The second kappa shape index (κ2) is 17.9. The molecular weight excluding hydrogens is 815 g/mol. The van der Waals surface area contributed by atoms with Crippen molar-refractivity contribution in [1.29, 1.82) is 0 Å². The number of aryl methyl sites for hydroxylation is 2. The molecule has 11 nitrogen and oxygen atoms in total. The number of non-ortho nitro benzene ring substituents is 1. The highest BCUT2D eigenvalue weighted by atomic mass is 32.2. The van der Waals surface area contributed by atoms with Gasteiger partial charge in [0.05, 0.1) is 21.1 Å². The molecule has 62 heavy (non-hydrogen) atoms. The normalized spacial score (nSPS) is 17.0. The van der Waals surface area contributed by atoms with Crippen molar-refractivity contribution in [2.75, 3.05) is 17.9 Å². The monoisotopic (exact) mass is 869 g/mol. The SMILES string of the molecule is Cc1cccc(C)c1-c1cc(OC2CC(CO[Si](c3ccccc3)(c3ccccc3)C(C)(C)C)CN(Cc3ccccc3)C2(C)C)nc(NS(=O)(=O)c2cccc([N+](=O)[O-])c2)n1. The summed E-state index contributed by atoms with van der Waals surface area (Å²) in [5, 5.41) is 13.8. The average molecular weight is 870 g/mol. The number of sulfonamides is 1. The summed E-state index contributed by atoms with van der Waals surface area (Å²) in [5.41, 5.74) is 3.48. The lowest BCUT2D eigenvalue weighted by molar-refractivity contribution is -0.385. The van der Waals surface area contributed by atoms with Crippen molar-refractivity contribution < 1.29 is 22.5 Å². The minimum Gasteiger partial charge on any atom is -0.472 e. The molecule has 1 aromatic heterocycles. The molecule has 6 aromatic rings. The number of nitro groups is 1. The lowest BCUT2D eigenvalue weighted by atomic mass is 9.81. The number of benzene rings is 5. The van der Waals surface area contributed by atoms with Gasteiger partial charge < -0.3 is 9.16 Å². The fourth-order valence-corrected chi connectivity index (χ4v) is 14.4. The van der Waals surface area contributed by atoms with E-state index in [1.807, 2.05) is 50.2 Å². The van der Waals surface area contributed by atoms with Gasteiger partial charge in [0, 0.05) is 43.5 Å². The quantitative estimate of drug-likeness (QED) is 0.0646. The summed E-state index contributed by atoms with van der Waals surface area (Å²) in [7, 11) is -7.22. The maximum atomic E-state index is 13.8. The summed E-state index contributed by atoms with van der Waals surface area (Å²) >= 11 is 0. The molecule has 2 heterocycles. The highest BCUT2D eigenvalue weighted by molar-refractivity contribution is 7.92. The fourth-order valence-electron chi connectivity index (χ4n) is 8.77. The second-order valence-electron chi connectivity index (χ2n) is 17.7. The number of ether oxygens (including phenoxy) is 1. The van der Waals surface area contributed by atoms with Crippen molar-refractivity contribution in [2.45, 2.75) is 83.0 Å². The first-order chi connectivity index (χ1) is 29.5. The molecule has 5 aromatic carbocycles. The maximum Gasteiger partial charge on any atom is 0.270 e. The van der Waals surface area contributed by atoms with Crippen LogP contribution in [0.25, 0.3) is 11.3 Å². The predicted octanol–water partition coefficient (Wildman–Crippen LogP) is 9.09. The van der Waals surface area contributed by atoms with E-state index in [-0.39, 0.29) is 33.4 Å². The number of aromatic nitrogens is 2. The zero-order valence-corrected chi connectivity index (χ0v) is 38.2. The van der Waals surface area contributed by atoms with Gasteiger partial charge in [0.2, 0.25) is 11.8 Å². The Morgan fingerprint density at radius 1 is 0.823 bits per heavy atom. The number of nitrogens with one attached hydrogen (secondary N) is 1. The summed E-state index contributed by atoms with van der Waals surface area (Å²) in [6, 6.07) is 44.2. The van der Waals surface area contributed by atoms with Crippen molar-refractivity contribution in [1.82, 2.24) is 14.9 Å². The van der Waals surface area contributed by atoms with E-state index in [1.54, 1.807) is 6.07 Å². The first-order valence-electron chi connectivity index (χ1n) is 20.9. The summed E-state index contributed by atoms with van der Waals surface area (Å²) in [5.74, 6) is 0.0267. The van der Waals surface area contributed by atoms with Gasteiger partial charge in [-0.05, 0) is 78.2 Å². The highest BCUT2D eigenvalue weighted by Crippen LogP contribution is 2.40. The molecule has 2 unspecified atom stereocenters. The summed E-state index contributed by atoms with van der Waals surface area (Å²) in [4.78, 5) is 22.5. The molecule has 7 rings (SSSR count). The van der Waals surface area contributed by atoms with Crippen LogP contribution in [0.4, 0.5) is 11.6 Å². The molecule has 13 heteroatoms. The van der Waals surface area contributed by atoms with Crippen molar-refractivity contribution in [3.8, 4) is 17.1 Å². The molecule has 1 aliphatic rings. The van der Waals surface area contributed by atoms with E-state index in [9.17, 15) is 18.5 Å². The zero-order chi connectivity index (χ0) is 44.3. The van der Waals surface area contributed by atoms with Gasteiger partial charge in [-0.2, -0.15) is 4.98 Å². The van der Waals surface area contributed by atoms with Crippen LogP contribution in [-0.2, 0) is 21.0 Å². The molecule has 1 N–H and O–H groups in total. The number of nitrogens with zero attached hydrogens (tertiary/aromatic N) is 4. The molecule has 0 saturated carbocycles. The van der Waals surface area contributed by atoms with Crippen molar-refractivity contribution in [3.63, 3.8) is 0 Å².